The maximum atomic E-state index is 12.7. The summed E-state index contributed by atoms with van der Waals surface area (Å²) in [4.78, 5) is 17.0. The first-order valence-corrected chi connectivity index (χ1v) is 9.60. The number of rotatable bonds is 7. The normalized spacial score (nSPS) is 16.0. The molecular formula is C22H28N2O3. The Morgan fingerprint density at radius 1 is 0.963 bits per heavy atom. The van der Waals surface area contributed by atoms with E-state index in [0.29, 0.717) is 12.4 Å². The van der Waals surface area contributed by atoms with E-state index in [0.717, 1.165) is 38.5 Å². The van der Waals surface area contributed by atoms with Crippen LogP contribution in [0.2, 0.25) is 0 Å². The molecular weight excluding hydrogens is 340 g/mol. The highest BCUT2D eigenvalue weighted by molar-refractivity contribution is 5.81. The van der Waals surface area contributed by atoms with Crippen molar-refractivity contribution in [1.29, 1.82) is 0 Å². The molecule has 5 heteroatoms. The second-order valence-corrected chi connectivity index (χ2v) is 6.75. The van der Waals surface area contributed by atoms with Crippen LogP contribution in [0.15, 0.2) is 54.6 Å². The molecule has 1 atom stereocenters. The van der Waals surface area contributed by atoms with Crippen molar-refractivity contribution in [3.8, 4) is 11.5 Å². The zero-order valence-electron chi connectivity index (χ0n) is 16.1. The van der Waals surface area contributed by atoms with E-state index in [-0.39, 0.29) is 5.91 Å². The molecule has 0 spiro atoms. The standard InChI is InChI=1S/C22H28N2O3/c1-3-26-20-9-11-21(12-10-20)27-18(2)22(25)24-15-13-23(14-16-24)17-19-7-5-4-6-8-19/h4-12,18H,3,13-17H2,1-2H3. The third kappa shape index (κ3) is 5.47. The fourth-order valence-corrected chi connectivity index (χ4v) is 3.26. The van der Waals surface area contributed by atoms with Crippen LogP contribution in [-0.4, -0.2) is 54.6 Å². The summed E-state index contributed by atoms with van der Waals surface area (Å²) >= 11 is 0. The van der Waals surface area contributed by atoms with Crippen molar-refractivity contribution in [2.75, 3.05) is 32.8 Å². The van der Waals surface area contributed by atoms with Crippen LogP contribution < -0.4 is 9.47 Å². The number of hydrogen-bond donors (Lipinski definition) is 0. The molecule has 1 heterocycles. The van der Waals surface area contributed by atoms with E-state index in [2.05, 4.69) is 29.2 Å². The Hall–Kier alpha value is -2.53. The highest BCUT2D eigenvalue weighted by atomic mass is 16.5. The van der Waals surface area contributed by atoms with Gasteiger partial charge in [0.1, 0.15) is 11.5 Å². The molecule has 144 valence electrons. The quantitative estimate of drug-likeness (QED) is 0.753. The molecule has 1 aliphatic heterocycles. The first kappa shape index (κ1) is 19.2. The van der Waals surface area contributed by atoms with Gasteiger partial charge in [-0.15, -0.1) is 0 Å². The minimum Gasteiger partial charge on any atom is -0.494 e. The first-order chi connectivity index (χ1) is 13.2. The van der Waals surface area contributed by atoms with Crippen LogP contribution in [0.25, 0.3) is 0 Å². The minimum absolute atomic E-state index is 0.0447. The molecule has 1 saturated heterocycles. The number of ether oxygens (including phenoxy) is 2. The average molecular weight is 368 g/mol. The lowest BCUT2D eigenvalue weighted by Gasteiger charge is -2.35. The Bertz CT molecular complexity index is 710. The zero-order chi connectivity index (χ0) is 19.1. The molecule has 0 aromatic heterocycles. The van der Waals surface area contributed by atoms with Gasteiger partial charge in [0.2, 0.25) is 0 Å². The van der Waals surface area contributed by atoms with Crippen LogP contribution in [0.3, 0.4) is 0 Å². The van der Waals surface area contributed by atoms with Crippen LogP contribution in [-0.2, 0) is 11.3 Å². The van der Waals surface area contributed by atoms with E-state index in [4.69, 9.17) is 9.47 Å². The molecule has 0 radical (unpaired) electrons. The maximum Gasteiger partial charge on any atom is 0.263 e. The van der Waals surface area contributed by atoms with Gasteiger partial charge in [-0.25, -0.2) is 0 Å². The summed E-state index contributed by atoms with van der Waals surface area (Å²) in [6.45, 7) is 8.57. The fraction of sp³-hybridized carbons (Fsp3) is 0.409. The number of amides is 1. The number of carbonyl (C=O) groups is 1. The summed E-state index contributed by atoms with van der Waals surface area (Å²) in [6, 6.07) is 17.8. The minimum atomic E-state index is -0.497. The van der Waals surface area contributed by atoms with Crippen molar-refractivity contribution in [2.45, 2.75) is 26.5 Å². The second kappa shape index (κ2) is 9.42. The molecule has 2 aromatic rings. The first-order valence-electron chi connectivity index (χ1n) is 9.60. The predicted octanol–water partition coefficient (Wildman–Crippen LogP) is 3.20. The number of nitrogens with zero attached hydrogens (tertiary/aromatic N) is 2. The summed E-state index contributed by atoms with van der Waals surface area (Å²) in [6.07, 6.45) is -0.497. The van der Waals surface area contributed by atoms with Gasteiger partial charge < -0.3 is 14.4 Å². The van der Waals surface area contributed by atoms with E-state index < -0.39 is 6.10 Å². The molecule has 2 aromatic carbocycles. The third-order valence-corrected chi connectivity index (χ3v) is 4.73. The van der Waals surface area contributed by atoms with Gasteiger partial charge in [-0.3, -0.25) is 9.69 Å². The monoisotopic (exact) mass is 368 g/mol. The molecule has 1 unspecified atom stereocenters. The number of benzene rings is 2. The van der Waals surface area contributed by atoms with Gasteiger partial charge >= 0.3 is 0 Å². The van der Waals surface area contributed by atoms with Gasteiger partial charge in [-0.1, -0.05) is 30.3 Å². The Labute approximate surface area is 161 Å². The summed E-state index contributed by atoms with van der Waals surface area (Å²) in [5.74, 6) is 1.53. The van der Waals surface area contributed by atoms with Gasteiger partial charge in [0, 0.05) is 32.7 Å². The predicted molar refractivity (Wildman–Crippen MR) is 106 cm³/mol. The van der Waals surface area contributed by atoms with Gasteiger partial charge in [0.25, 0.3) is 5.91 Å². The van der Waals surface area contributed by atoms with Gasteiger partial charge in [-0.2, -0.15) is 0 Å². The second-order valence-electron chi connectivity index (χ2n) is 6.75. The maximum absolute atomic E-state index is 12.7. The number of carbonyl (C=O) groups excluding carboxylic acids is 1. The van der Waals surface area contributed by atoms with Gasteiger partial charge in [0.15, 0.2) is 6.10 Å². The smallest absolute Gasteiger partial charge is 0.263 e. The van der Waals surface area contributed by atoms with E-state index in [1.165, 1.54) is 5.56 Å². The van der Waals surface area contributed by atoms with E-state index in [1.54, 1.807) is 0 Å². The van der Waals surface area contributed by atoms with Crippen molar-refractivity contribution < 1.29 is 14.3 Å². The van der Waals surface area contributed by atoms with Crippen molar-refractivity contribution in [3.05, 3.63) is 60.2 Å². The number of piperazine rings is 1. The SMILES string of the molecule is CCOc1ccc(OC(C)C(=O)N2CCN(Cc3ccccc3)CC2)cc1. The van der Waals surface area contributed by atoms with Crippen molar-refractivity contribution >= 4 is 5.91 Å². The van der Waals surface area contributed by atoms with Crippen LogP contribution >= 0.6 is 0 Å². The molecule has 1 amide bonds. The number of hydrogen-bond acceptors (Lipinski definition) is 4. The lowest BCUT2D eigenvalue weighted by Crippen LogP contribution is -2.51. The van der Waals surface area contributed by atoms with Crippen LogP contribution in [0.4, 0.5) is 0 Å². The Balaban J connectivity index is 1.46. The topological polar surface area (TPSA) is 42.0 Å². The van der Waals surface area contributed by atoms with Gasteiger partial charge in [0.05, 0.1) is 6.61 Å². The Morgan fingerprint density at radius 3 is 2.22 bits per heavy atom. The van der Waals surface area contributed by atoms with Crippen LogP contribution in [0.5, 0.6) is 11.5 Å². The zero-order valence-corrected chi connectivity index (χ0v) is 16.1. The molecule has 27 heavy (non-hydrogen) atoms. The molecule has 1 aliphatic rings. The molecule has 1 fully saturated rings. The highest BCUT2D eigenvalue weighted by Gasteiger charge is 2.26. The Morgan fingerprint density at radius 2 is 1.59 bits per heavy atom. The lowest BCUT2D eigenvalue weighted by molar-refractivity contribution is -0.139. The Kier molecular flexibility index (Phi) is 6.71. The third-order valence-electron chi connectivity index (χ3n) is 4.73. The van der Waals surface area contributed by atoms with Gasteiger partial charge in [-0.05, 0) is 43.7 Å². The lowest BCUT2D eigenvalue weighted by atomic mass is 10.2. The van der Waals surface area contributed by atoms with Crippen molar-refractivity contribution in [1.82, 2.24) is 9.80 Å². The van der Waals surface area contributed by atoms with Crippen LogP contribution in [0, 0.1) is 0 Å². The molecule has 0 saturated carbocycles. The fourth-order valence-electron chi connectivity index (χ4n) is 3.26. The summed E-state index contributed by atoms with van der Waals surface area (Å²) in [7, 11) is 0. The van der Waals surface area contributed by atoms with Crippen molar-refractivity contribution in [2.24, 2.45) is 0 Å². The molecule has 0 N–H and O–H groups in total. The highest BCUT2D eigenvalue weighted by Crippen LogP contribution is 2.19. The summed E-state index contributed by atoms with van der Waals surface area (Å²) in [5.41, 5.74) is 1.31. The molecule has 0 bridgehead atoms. The van der Waals surface area contributed by atoms with Crippen molar-refractivity contribution in [3.63, 3.8) is 0 Å². The van der Waals surface area contributed by atoms with Crippen LogP contribution in [0.1, 0.15) is 19.4 Å². The molecule has 0 aliphatic carbocycles. The summed E-state index contributed by atoms with van der Waals surface area (Å²) < 4.78 is 11.3. The summed E-state index contributed by atoms with van der Waals surface area (Å²) in [5, 5.41) is 0. The van der Waals surface area contributed by atoms with E-state index in [1.807, 2.05) is 49.1 Å². The molecule has 5 nitrogen and oxygen atoms in total. The molecule has 3 rings (SSSR count). The van der Waals surface area contributed by atoms with E-state index in [9.17, 15) is 4.79 Å². The van der Waals surface area contributed by atoms with E-state index >= 15 is 0 Å². The average Bonchev–Trinajstić information content (AvgIpc) is 2.70. The largest absolute Gasteiger partial charge is 0.494 e.